The normalized spacial score (nSPS) is 9.36. The van der Waals surface area contributed by atoms with E-state index in [-0.39, 0.29) is 5.78 Å². The minimum absolute atomic E-state index is 0.0105. The Labute approximate surface area is 82.6 Å². The monoisotopic (exact) mass is 191 g/mol. The third-order valence-electron chi connectivity index (χ3n) is 1.66. The number of ketones is 1. The molecule has 0 saturated heterocycles. The second kappa shape index (κ2) is 4.50. The summed E-state index contributed by atoms with van der Waals surface area (Å²) in [5.41, 5.74) is 1.18. The zero-order valence-electron chi connectivity index (χ0n) is 8.56. The van der Waals surface area contributed by atoms with E-state index in [9.17, 15) is 4.79 Å². The lowest BCUT2D eigenvalue weighted by Crippen LogP contribution is -1.93. The fourth-order valence-electron chi connectivity index (χ4n) is 1.08. The van der Waals surface area contributed by atoms with Crippen LogP contribution < -0.4 is 0 Å². The van der Waals surface area contributed by atoms with Crippen molar-refractivity contribution in [3.63, 3.8) is 0 Å². The molecule has 2 aromatic rings. The Bertz CT molecular complexity index is 434. The van der Waals surface area contributed by atoms with Gasteiger partial charge in [-0.25, -0.2) is 9.50 Å². The Morgan fingerprint density at radius 2 is 2.14 bits per heavy atom. The molecule has 4 nitrogen and oxygen atoms in total. The van der Waals surface area contributed by atoms with Crippen LogP contribution in [-0.2, 0) is 0 Å². The summed E-state index contributed by atoms with van der Waals surface area (Å²) in [5, 5.41) is 3.97. The largest absolute Gasteiger partial charge is 0.294 e. The lowest BCUT2D eigenvalue weighted by Gasteiger charge is -1.90. The van der Waals surface area contributed by atoms with Crippen LogP contribution in [0.5, 0.6) is 0 Å². The number of carbonyl (C=O) groups excluding carboxylic acids is 1. The van der Waals surface area contributed by atoms with E-state index in [0.717, 1.165) is 0 Å². The summed E-state index contributed by atoms with van der Waals surface area (Å²) in [6.07, 6.45) is 4.93. The first-order valence-electron chi connectivity index (χ1n) is 4.58. The van der Waals surface area contributed by atoms with Gasteiger partial charge in [-0.3, -0.25) is 4.79 Å². The molecule has 0 unspecified atom stereocenters. The molecular formula is C10H13N3O. The Kier molecular flexibility index (Phi) is 3.34. The Morgan fingerprint density at radius 1 is 1.43 bits per heavy atom. The number of nitrogens with zero attached hydrogens (tertiary/aromatic N) is 3. The van der Waals surface area contributed by atoms with Crippen molar-refractivity contribution < 1.29 is 4.79 Å². The molecule has 2 aromatic heterocycles. The molecule has 0 aliphatic rings. The van der Waals surface area contributed by atoms with Gasteiger partial charge in [-0.2, -0.15) is 5.10 Å². The van der Waals surface area contributed by atoms with Crippen LogP contribution in [0.15, 0.2) is 24.7 Å². The first-order valence-corrected chi connectivity index (χ1v) is 4.58. The van der Waals surface area contributed by atoms with Crippen molar-refractivity contribution >= 4 is 11.4 Å². The summed E-state index contributed by atoms with van der Waals surface area (Å²) in [7, 11) is 0. The number of Topliss-reactive ketones (excluding diaryl/α,β-unsaturated/α-hetero) is 1. The van der Waals surface area contributed by atoms with E-state index in [2.05, 4.69) is 10.1 Å². The van der Waals surface area contributed by atoms with Crippen molar-refractivity contribution in [1.29, 1.82) is 0 Å². The van der Waals surface area contributed by atoms with E-state index in [1.165, 1.54) is 13.1 Å². The molecule has 0 fully saturated rings. The number of carbonyl (C=O) groups is 1. The summed E-state index contributed by atoms with van der Waals surface area (Å²) in [5.74, 6) is -0.0105. The van der Waals surface area contributed by atoms with Crippen LogP contribution in [0.3, 0.4) is 0 Å². The molecule has 2 rings (SSSR count). The molecule has 74 valence electrons. The number of rotatable bonds is 1. The smallest absolute Gasteiger partial charge is 0.165 e. The van der Waals surface area contributed by atoms with Crippen molar-refractivity contribution in [2.24, 2.45) is 0 Å². The third-order valence-corrected chi connectivity index (χ3v) is 1.66. The maximum absolute atomic E-state index is 11.0. The summed E-state index contributed by atoms with van der Waals surface area (Å²) < 4.78 is 1.58. The molecule has 0 saturated carbocycles. The highest BCUT2D eigenvalue weighted by atomic mass is 16.1. The van der Waals surface area contributed by atoms with Gasteiger partial charge in [0.1, 0.15) is 0 Å². The molecule has 0 aliphatic carbocycles. The highest BCUT2D eigenvalue weighted by molar-refractivity contribution is 5.99. The number of aromatic nitrogens is 3. The average molecular weight is 191 g/mol. The second-order valence-corrected chi connectivity index (χ2v) is 2.50. The molecule has 0 atom stereocenters. The predicted octanol–water partition coefficient (Wildman–Crippen LogP) is 1.96. The van der Waals surface area contributed by atoms with Crippen molar-refractivity contribution in [1.82, 2.24) is 14.6 Å². The summed E-state index contributed by atoms with van der Waals surface area (Å²) in [4.78, 5) is 15.1. The van der Waals surface area contributed by atoms with Gasteiger partial charge in [0.25, 0.3) is 0 Å². The van der Waals surface area contributed by atoms with E-state index in [0.29, 0.717) is 11.2 Å². The summed E-state index contributed by atoms with van der Waals surface area (Å²) >= 11 is 0. The molecule has 2 heterocycles. The third kappa shape index (κ3) is 1.79. The zero-order chi connectivity index (χ0) is 10.6. The van der Waals surface area contributed by atoms with Gasteiger partial charge in [-0.1, -0.05) is 13.8 Å². The number of hydrogen-bond acceptors (Lipinski definition) is 3. The zero-order valence-corrected chi connectivity index (χ0v) is 8.56. The highest BCUT2D eigenvalue weighted by Gasteiger charge is 2.07. The highest BCUT2D eigenvalue weighted by Crippen LogP contribution is 2.06. The van der Waals surface area contributed by atoms with Crippen molar-refractivity contribution in [2.45, 2.75) is 20.8 Å². The summed E-state index contributed by atoms with van der Waals surface area (Å²) in [6, 6.07) is 1.77. The van der Waals surface area contributed by atoms with Gasteiger partial charge >= 0.3 is 0 Å². The number of hydrogen-bond donors (Lipinski definition) is 0. The van der Waals surface area contributed by atoms with E-state index in [4.69, 9.17) is 0 Å². The van der Waals surface area contributed by atoms with Crippen LogP contribution in [0, 0.1) is 0 Å². The van der Waals surface area contributed by atoms with Crippen LogP contribution in [0.4, 0.5) is 0 Å². The van der Waals surface area contributed by atoms with Gasteiger partial charge in [0.15, 0.2) is 11.4 Å². The molecule has 14 heavy (non-hydrogen) atoms. The predicted molar refractivity (Wildman–Crippen MR) is 54.3 cm³/mol. The molecule has 0 amide bonds. The maximum Gasteiger partial charge on any atom is 0.165 e. The molecular weight excluding hydrogens is 178 g/mol. The van der Waals surface area contributed by atoms with Gasteiger partial charge in [0, 0.05) is 12.4 Å². The van der Waals surface area contributed by atoms with Crippen LogP contribution >= 0.6 is 0 Å². The fourth-order valence-corrected chi connectivity index (χ4v) is 1.08. The minimum Gasteiger partial charge on any atom is -0.294 e. The van der Waals surface area contributed by atoms with Crippen LogP contribution in [0.1, 0.15) is 31.1 Å². The van der Waals surface area contributed by atoms with Crippen LogP contribution in [-0.4, -0.2) is 20.4 Å². The SMILES string of the molecule is CC.CC(=O)c1cnn2cccnc12. The second-order valence-electron chi connectivity index (χ2n) is 2.50. The molecule has 0 spiro atoms. The maximum atomic E-state index is 11.0. The number of fused-ring (bicyclic) bond motifs is 1. The first kappa shape index (κ1) is 10.4. The van der Waals surface area contributed by atoms with E-state index < -0.39 is 0 Å². The molecule has 4 heteroatoms. The minimum atomic E-state index is -0.0105. The van der Waals surface area contributed by atoms with E-state index in [1.807, 2.05) is 13.8 Å². The van der Waals surface area contributed by atoms with Gasteiger partial charge < -0.3 is 0 Å². The average Bonchev–Trinajstić information content (AvgIpc) is 2.64. The lowest BCUT2D eigenvalue weighted by molar-refractivity contribution is 0.101. The Hall–Kier alpha value is -1.71. The molecule has 0 bridgehead atoms. The quantitative estimate of drug-likeness (QED) is 0.647. The van der Waals surface area contributed by atoms with Crippen LogP contribution in [0.25, 0.3) is 5.65 Å². The van der Waals surface area contributed by atoms with E-state index in [1.54, 1.807) is 23.0 Å². The van der Waals surface area contributed by atoms with Crippen molar-refractivity contribution in [3.8, 4) is 0 Å². The molecule has 0 aliphatic heterocycles. The van der Waals surface area contributed by atoms with Gasteiger partial charge in [0.2, 0.25) is 0 Å². The van der Waals surface area contributed by atoms with Gasteiger partial charge in [-0.15, -0.1) is 0 Å². The van der Waals surface area contributed by atoms with E-state index >= 15 is 0 Å². The van der Waals surface area contributed by atoms with Gasteiger partial charge in [-0.05, 0) is 13.0 Å². The van der Waals surface area contributed by atoms with Crippen molar-refractivity contribution in [2.75, 3.05) is 0 Å². The topological polar surface area (TPSA) is 47.3 Å². The van der Waals surface area contributed by atoms with Gasteiger partial charge in [0.05, 0.1) is 11.8 Å². The Balaban J connectivity index is 0.000000461. The van der Waals surface area contributed by atoms with Crippen LogP contribution in [0.2, 0.25) is 0 Å². The first-order chi connectivity index (χ1) is 6.79. The molecule has 0 aromatic carbocycles. The molecule has 0 N–H and O–H groups in total. The molecule has 0 radical (unpaired) electrons. The lowest BCUT2D eigenvalue weighted by atomic mass is 10.2. The standard InChI is InChI=1S/C8H7N3O.C2H6/c1-6(12)7-5-10-11-4-2-3-9-8(7)11;1-2/h2-5H,1H3;1-2H3. The fraction of sp³-hybridized carbons (Fsp3) is 0.300. The Morgan fingerprint density at radius 3 is 2.79 bits per heavy atom. The summed E-state index contributed by atoms with van der Waals surface area (Å²) in [6.45, 7) is 5.51. The van der Waals surface area contributed by atoms with Crippen molar-refractivity contribution in [3.05, 3.63) is 30.2 Å².